The molecule has 3 aromatic carbocycles. The van der Waals surface area contributed by atoms with Gasteiger partial charge in [-0.15, -0.1) is 0 Å². The van der Waals surface area contributed by atoms with E-state index in [1.54, 1.807) is 24.3 Å². The fourth-order valence-corrected chi connectivity index (χ4v) is 6.10. The van der Waals surface area contributed by atoms with E-state index in [1.165, 1.54) is 48.5 Å². The summed E-state index contributed by atoms with van der Waals surface area (Å²) in [6.45, 7) is 3.68. The summed E-state index contributed by atoms with van der Waals surface area (Å²) in [5, 5.41) is -1.09. The lowest BCUT2D eigenvalue weighted by Crippen LogP contribution is -2.34. The van der Waals surface area contributed by atoms with Crippen molar-refractivity contribution in [1.82, 2.24) is 4.72 Å². The van der Waals surface area contributed by atoms with Crippen molar-refractivity contribution in [2.75, 3.05) is 0 Å². The zero-order valence-electron chi connectivity index (χ0n) is 15.8. The zero-order valence-corrected chi connectivity index (χ0v) is 18.2. The summed E-state index contributed by atoms with van der Waals surface area (Å²) in [5.74, 6) is 0. The molecule has 5 nitrogen and oxygen atoms in total. The molecule has 0 radical (unpaired) electrons. The zero-order chi connectivity index (χ0) is 21.2. The first-order valence-corrected chi connectivity index (χ1v) is 12.2. The van der Waals surface area contributed by atoms with Gasteiger partial charge < -0.3 is 0 Å². The molecule has 3 rings (SSSR count). The second kappa shape index (κ2) is 8.28. The normalized spacial score (nSPS) is 13.2. The summed E-state index contributed by atoms with van der Waals surface area (Å²) in [7, 11) is -8.16. The van der Waals surface area contributed by atoms with Crippen LogP contribution in [-0.2, 0) is 19.9 Å². The first-order chi connectivity index (χ1) is 13.6. The lowest BCUT2D eigenvalue weighted by molar-refractivity contribution is 0.557. The molecule has 1 unspecified atom stereocenters. The fraction of sp³-hybridized carbons (Fsp3) is 0.143. The van der Waals surface area contributed by atoms with Crippen LogP contribution in [0.1, 0.15) is 22.1 Å². The number of rotatable bonds is 6. The van der Waals surface area contributed by atoms with Gasteiger partial charge in [0.25, 0.3) is 0 Å². The van der Waals surface area contributed by atoms with Crippen LogP contribution in [0.15, 0.2) is 82.6 Å². The van der Waals surface area contributed by atoms with Gasteiger partial charge in [-0.2, -0.15) is 4.72 Å². The quantitative estimate of drug-likeness (QED) is 0.604. The van der Waals surface area contributed by atoms with E-state index in [0.717, 1.165) is 11.1 Å². The van der Waals surface area contributed by atoms with Gasteiger partial charge in [-0.3, -0.25) is 0 Å². The van der Waals surface area contributed by atoms with Crippen molar-refractivity contribution < 1.29 is 16.8 Å². The molecule has 0 saturated carbocycles. The average molecular weight is 450 g/mol. The van der Waals surface area contributed by atoms with Crippen LogP contribution in [0, 0.1) is 13.8 Å². The van der Waals surface area contributed by atoms with Gasteiger partial charge in [-0.1, -0.05) is 59.1 Å². The smallest absolute Gasteiger partial charge is 0.222 e. The molecule has 0 fully saturated rings. The second-order valence-corrected chi connectivity index (χ2v) is 10.9. The second-order valence-electron chi connectivity index (χ2n) is 6.72. The Hall–Kier alpha value is -2.19. The lowest BCUT2D eigenvalue weighted by Gasteiger charge is -2.20. The average Bonchev–Trinajstić information content (AvgIpc) is 2.67. The highest BCUT2D eigenvalue weighted by Gasteiger charge is 2.33. The summed E-state index contributed by atoms with van der Waals surface area (Å²) in [6, 6.07) is 18.5. The molecule has 0 aliphatic heterocycles. The third kappa shape index (κ3) is 4.87. The highest BCUT2D eigenvalue weighted by atomic mass is 35.5. The van der Waals surface area contributed by atoms with Crippen LogP contribution in [0.3, 0.4) is 0 Å². The monoisotopic (exact) mass is 449 g/mol. The largest absolute Gasteiger partial charge is 0.242 e. The van der Waals surface area contributed by atoms with Gasteiger partial charge in [0.05, 0.1) is 9.79 Å². The number of halogens is 1. The number of aryl methyl sites for hydroxylation is 2. The van der Waals surface area contributed by atoms with Crippen LogP contribution >= 0.6 is 11.6 Å². The van der Waals surface area contributed by atoms with Crippen molar-refractivity contribution in [2.24, 2.45) is 0 Å². The third-order valence-electron chi connectivity index (χ3n) is 4.43. The molecule has 0 amide bonds. The molecule has 0 heterocycles. The van der Waals surface area contributed by atoms with E-state index in [2.05, 4.69) is 4.72 Å². The standard InChI is InChI=1S/C21H20ClNO4S2/c1-15-3-11-19(12-4-15)28(24,25)21(17-7-9-18(22)10-8-17)23-29(26,27)20-13-5-16(2)6-14-20/h3-14,21,23H,1-2H3. The highest BCUT2D eigenvalue weighted by molar-refractivity contribution is 7.94. The molecule has 3 aromatic rings. The Kier molecular flexibility index (Phi) is 6.14. The predicted molar refractivity (Wildman–Crippen MR) is 114 cm³/mol. The van der Waals surface area contributed by atoms with Crippen molar-refractivity contribution in [3.63, 3.8) is 0 Å². The molecular formula is C21H20ClNO4S2. The minimum absolute atomic E-state index is 0.0128. The summed E-state index contributed by atoms with van der Waals surface area (Å²) < 4.78 is 54.9. The van der Waals surface area contributed by atoms with Crippen LogP contribution in [0.5, 0.6) is 0 Å². The fourth-order valence-electron chi connectivity index (χ4n) is 2.74. The summed E-state index contributed by atoms with van der Waals surface area (Å²) in [4.78, 5) is 0.0100. The van der Waals surface area contributed by atoms with Crippen LogP contribution in [0.4, 0.5) is 0 Å². The third-order valence-corrected chi connectivity index (χ3v) is 8.21. The van der Waals surface area contributed by atoms with Crippen LogP contribution in [0.25, 0.3) is 0 Å². The molecular weight excluding hydrogens is 430 g/mol. The molecule has 0 aliphatic rings. The van der Waals surface area contributed by atoms with Crippen LogP contribution in [0.2, 0.25) is 5.02 Å². The van der Waals surface area contributed by atoms with Gasteiger partial charge in [0, 0.05) is 5.02 Å². The van der Waals surface area contributed by atoms with Gasteiger partial charge >= 0.3 is 0 Å². The first kappa shape index (κ1) is 21.5. The van der Waals surface area contributed by atoms with E-state index in [9.17, 15) is 16.8 Å². The first-order valence-electron chi connectivity index (χ1n) is 8.75. The Balaban J connectivity index is 2.09. The SMILES string of the molecule is Cc1ccc(S(=O)(=O)NC(c2ccc(Cl)cc2)S(=O)(=O)c2ccc(C)cc2)cc1. The predicted octanol–water partition coefficient (Wildman–Crippen LogP) is 4.41. The minimum Gasteiger partial charge on any atom is -0.222 e. The minimum atomic E-state index is -4.10. The van der Waals surface area contributed by atoms with Gasteiger partial charge in [0.1, 0.15) is 0 Å². The van der Waals surface area contributed by atoms with E-state index in [-0.39, 0.29) is 15.4 Å². The molecule has 29 heavy (non-hydrogen) atoms. The van der Waals surface area contributed by atoms with Crippen molar-refractivity contribution in [1.29, 1.82) is 0 Å². The molecule has 152 valence electrons. The molecule has 0 aromatic heterocycles. The van der Waals surface area contributed by atoms with Crippen molar-refractivity contribution in [2.45, 2.75) is 29.0 Å². The Morgan fingerprint density at radius 1 is 0.690 bits per heavy atom. The molecule has 0 aliphatic carbocycles. The van der Waals surface area contributed by atoms with E-state index in [1.807, 2.05) is 13.8 Å². The van der Waals surface area contributed by atoms with Gasteiger partial charge in [0.2, 0.25) is 10.0 Å². The Morgan fingerprint density at radius 3 is 1.62 bits per heavy atom. The number of benzene rings is 3. The summed E-state index contributed by atoms with van der Waals surface area (Å²) in [6.07, 6.45) is 0. The maximum Gasteiger partial charge on any atom is 0.242 e. The Morgan fingerprint density at radius 2 is 1.14 bits per heavy atom. The lowest BCUT2D eigenvalue weighted by atomic mass is 10.2. The van der Waals surface area contributed by atoms with Crippen LogP contribution < -0.4 is 4.72 Å². The topological polar surface area (TPSA) is 80.3 Å². The van der Waals surface area contributed by atoms with Gasteiger partial charge in [0.15, 0.2) is 15.2 Å². The van der Waals surface area contributed by atoms with E-state index >= 15 is 0 Å². The maximum atomic E-state index is 13.3. The van der Waals surface area contributed by atoms with Gasteiger partial charge in [-0.25, -0.2) is 16.8 Å². The van der Waals surface area contributed by atoms with Crippen molar-refractivity contribution in [3.8, 4) is 0 Å². The van der Waals surface area contributed by atoms with Crippen LogP contribution in [-0.4, -0.2) is 16.8 Å². The molecule has 1 N–H and O–H groups in total. The molecule has 0 spiro atoms. The van der Waals surface area contributed by atoms with Gasteiger partial charge in [-0.05, 0) is 55.8 Å². The Labute approximate surface area is 176 Å². The maximum absolute atomic E-state index is 13.3. The number of sulfone groups is 1. The summed E-state index contributed by atoms with van der Waals surface area (Å²) >= 11 is 5.92. The van der Waals surface area contributed by atoms with E-state index in [4.69, 9.17) is 11.6 Å². The Bertz CT molecular complexity index is 1200. The molecule has 0 saturated heterocycles. The van der Waals surface area contributed by atoms with E-state index in [0.29, 0.717) is 5.02 Å². The van der Waals surface area contributed by atoms with Crippen molar-refractivity contribution >= 4 is 31.5 Å². The summed E-state index contributed by atoms with van der Waals surface area (Å²) in [5.41, 5.74) is 2.06. The van der Waals surface area contributed by atoms with Crippen molar-refractivity contribution in [3.05, 3.63) is 94.5 Å². The molecule has 1 atom stereocenters. The number of sulfonamides is 1. The number of hydrogen-bond donors (Lipinski definition) is 1. The van der Waals surface area contributed by atoms with E-state index < -0.39 is 25.2 Å². The number of nitrogens with one attached hydrogen (secondary N) is 1. The highest BCUT2D eigenvalue weighted by Crippen LogP contribution is 2.29. The molecule has 8 heteroatoms. The number of hydrogen-bond acceptors (Lipinski definition) is 4. The molecule has 0 bridgehead atoms.